The molecular weight excluding hydrogens is 741 g/mol. The number of carbonyl (C=O) groups excluding carboxylic acids is 2. The van der Waals surface area contributed by atoms with Crippen LogP contribution in [0.15, 0.2) is 24.3 Å². The molecule has 0 bridgehead atoms. The third kappa shape index (κ3) is 49.0. The van der Waals surface area contributed by atoms with E-state index < -0.39 is 6.10 Å². The molecule has 0 aromatic heterocycles. The molecule has 0 heterocycles. The molecule has 0 amide bonds. The standard InChI is InChI=1S/C55H104O5/c1-4-7-10-13-16-19-22-25-26-27-28-29-30-32-33-36-39-42-45-48-54(56)59-52-53(51-58-50-47-44-41-38-35-24-21-18-15-12-9-6-3)60-55(57)49-46-43-40-37-34-31-23-20-17-14-11-8-5-2/h16,19,25-26,53H,4-15,17-18,20-24,27-52H2,1-3H3/b19-16-,26-25-. The molecule has 354 valence electrons. The molecule has 0 saturated carbocycles. The quantitative estimate of drug-likeness (QED) is 0.0347. The number of esters is 2. The second-order valence-electron chi connectivity index (χ2n) is 18.1. The van der Waals surface area contributed by atoms with Crippen molar-refractivity contribution in [1.29, 1.82) is 0 Å². The largest absolute Gasteiger partial charge is 0.462 e. The molecule has 60 heavy (non-hydrogen) atoms. The fourth-order valence-electron chi connectivity index (χ4n) is 7.95. The van der Waals surface area contributed by atoms with Crippen LogP contribution in [0.5, 0.6) is 0 Å². The Balaban J connectivity index is 4.18. The first kappa shape index (κ1) is 58.4. The zero-order chi connectivity index (χ0) is 43.5. The molecule has 0 N–H and O–H groups in total. The predicted molar refractivity (Wildman–Crippen MR) is 261 cm³/mol. The summed E-state index contributed by atoms with van der Waals surface area (Å²) in [5.74, 6) is -0.382. The van der Waals surface area contributed by atoms with Crippen molar-refractivity contribution < 1.29 is 23.8 Å². The van der Waals surface area contributed by atoms with Crippen LogP contribution in [0.2, 0.25) is 0 Å². The highest BCUT2D eigenvalue weighted by molar-refractivity contribution is 5.70. The van der Waals surface area contributed by atoms with Gasteiger partial charge in [-0.25, -0.2) is 0 Å². The summed E-state index contributed by atoms with van der Waals surface area (Å²) in [6.45, 7) is 7.86. The van der Waals surface area contributed by atoms with Crippen molar-refractivity contribution in [3.8, 4) is 0 Å². The first-order valence-corrected chi connectivity index (χ1v) is 26.9. The van der Waals surface area contributed by atoms with Crippen LogP contribution in [0.4, 0.5) is 0 Å². The van der Waals surface area contributed by atoms with Gasteiger partial charge in [-0.2, -0.15) is 0 Å². The van der Waals surface area contributed by atoms with Crippen LogP contribution in [0.25, 0.3) is 0 Å². The molecule has 5 heteroatoms. The van der Waals surface area contributed by atoms with Crippen LogP contribution < -0.4 is 0 Å². The highest BCUT2D eigenvalue weighted by atomic mass is 16.6. The molecule has 0 aliphatic rings. The SMILES string of the molecule is CCCCC/C=C\C/C=C\CCCCCCCCCCCC(=O)OCC(COCCCCCCCCCCCCCC)OC(=O)CCCCCCCCCCCCCCC. The van der Waals surface area contributed by atoms with Crippen molar-refractivity contribution in [2.75, 3.05) is 19.8 Å². The molecule has 1 atom stereocenters. The van der Waals surface area contributed by atoms with Crippen molar-refractivity contribution in [3.63, 3.8) is 0 Å². The normalized spacial score (nSPS) is 12.2. The van der Waals surface area contributed by atoms with Crippen LogP contribution in [0.1, 0.15) is 290 Å². The Bertz CT molecular complexity index is 913. The minimum absolute atomic E-state index is 0.0909. The summed E-state index contributed by atoms with van der Waals surface area (Å²) < 4.78 is 17.4. The maximum absolute atomic E-state index is 12.8. The lowest BCUT2D eigenvalue weighted by Gasteiger charge is -2.18. The lowest BCUT2D eigenvalue weighted by Crippen LogP contribution is -2.30. The Hall–Kier alpha value is -1.62. The van der Waals surface area contributed by atoms with E-state index in [0.717, 1.165) is 38.5 Å². The van der Waals surface area contributed by atoms with Crippen molar-refractivity contribution in [2.45, 2.75) is 297 Å². The summed E-state index contributed by atoms with van der Waals surface area (Å²) in [4.78, 5) is 25.4. The topological polar surface area (TPSA) is 61.8 Å². The van der Waals surface area contributed by atoms with E-state index in [1.54, 1.807) is 0 Å². The van der Waals surface area contributed by atoms with Gasteiger partial charge in [0, 0.05) is 19.4 Å². The van der Waals surface area contributed by atoms with E-state index in [0.29, 0.717) is 26.1 Å². The van der Waals surface area contributed by atoms with Crippen LogP contribution in [0, 0.1) is 0 Å². The highest BCUT2D eigenvalue weighted by Crippen LogP contribution is 2.16. The minimum atomic E-state index is -0.529. The van der Waals surface area contributed by atoms with Gasteiger partial charge in [-0.3, -0.25) is 9.59 Å². The summed E-state index contributed by atoms with van der Waals surface area (Å²) in [7, 11) is 0. The Kier molecular flexibility index (Phi) is 50.3. The monoisotopic (exact) mass is 845 g/mol. The Morgan fingerprint density at radius 1 is 0.367 bits per heavy atom. The summed E-state index contributed by atoms with van der Waals surface area (Å²) in [6, 6.07) is 0. The zero-order valence-electron chi connectivity index (χ0n) is 40.7. The first-order chi connectivity index (χ1) is 29.6. The molecule has 0 fully saturated rings. The van der Waals surface area contributed by atoms with Crippen LogP contribution in [-0.2, 0) is 23.8 Å². The van der Waals surface area contributed by atoms with Crippen molar-refractivity contribution in [1.82, 2.24) is 0 Å². The van der Waals surface area contributed by atoms with Crippen molar-refractivity contribution >= 4 is 11.9 Å². The van der Waals surface area contributed by atoms with Gasteiger partial charge in [0.15, 0.2) is 6.10 Å². The Morgan fingerprint density at radius 3 is 1.13 bits per heavy atom. The number of ether oxygens (including phenoxy) is 3. The van der Waals surface area contributed by atoms with Gasteiger partial charge in [-0.15, -0.1) is 0 Å². The van der Waals surface area contributed by atoms with Gasteiger partial charge in [0.25, 0.3) is 0 Å². The van der Waals surface area contributed by atoms with Crippen LogP contribution in [0.3, 0.4) is 0 Å². The molecule has 0 saturated heterocycles. The maximum atomic E-state index is 12.8. The molecule has 0 aliphatic carbocycles. The number of carbonyl (C=O) groups is 2. The zero-order valence-corrected chi connectivity index (χ0v) is 40.7. The summed E-state index contributed by atoms with van der Waals surface area (Å²) in [5, 5.41) is 0. The highest BCUT2D eigenvalue weighted by Gasteiger charge is 2.17. The van der Waals surface area contributed by atoms with E-state index in [4.69, 9.17) is 14.2 Å². The van der Waals surface area contributed by atoms with E-state index in [1.807, 2.05) is 0 Å². The fraction of sp³-hybridized carbons (Fsp3) is 0.891. The van der Waals surface area contributed by atoms with Gasteiger partial charge in [0.2, 0.25) is 0 Å². The molecule has 0 aliphatic heterocycles. The summed E-state index contributed by atoms with van der Waals surface area (Å²) in [5.41, 5.74) is 0. The number of allylic oxidation sites excluding steroid dienone is 4. The molecular formula is C55H104O5. The summed E-state index contributed by atoms with van der Waals surface area (Å²) in [6.07, 6.45) is 60.4. The van der Waals surface area contributed by atoms with E-state index in [2.05, 4.69) is 45.1 Å². The number of unbranched alkanes of at least 4 members (excludes halogenated alkanes) is 35. The van der Waals surface area contributed by atoms with Gasteiger partial charge >= 0.3 is 11.9 Å². The molecule has 0 rings (SSSR count). The fourth-order valence-corrected chi connectivity index (χ4v) is 7.95. The van der Waals surface area contributed by atoms with Gasteiger partial charge in [0.05, 0.1) is 6.61 Å². The maximum Gasteiger partial charge on any atom is 0.306 e. The van der Waals surface area contributed by atoms with Gasteiger partial charge in [-0.05, 0) is 51.4 Å². The lowest BCUT2D eigenvalue weighted by molar-refractivity contribution is -0.163. The molecule has 1 unspecified atom stereocenters. The molecule has 0 spiro atoms. The third-order valence-electron chi connectivity index (χ3n) is 12.0. The van der Waals surface area contributed by atoms with E-state index >= 15 is 0 Å². The molecule has 0 aromatic carbocycles. The predicted octanol–water partition coefficient (Wildman–Crippen LogP) is 18.0. The Labute approximate surface area is 375 Å². The molecule has 0 aromatic rings. The summed E-state index contributed by atoms with van der Waals surface area (Å²) >= 11 is 0. The number of hydrogen-bond donors (Lipinski definition) is 0. The van der Waals surface area contributed by atoms with Crippen molar-refractivity contribution in [3.05, 3.63) is 24.3 Å². The first-order valence-electron chi connectivity index (χ1n) is 26.9. The second kappa shape index (κ2) is 51.7. The number of rotatable bonds is 50. The van der Waals surface area contributed by atoms with E-state index in [9.17, 15) is 9.59 Å². The number of hydrogen-bond acceptors (Lipinski definition) is 5. The molecule has 0 radical (unpaired) electrons. The average molecular weight is 845 g/mol. The van der Waals surface area contributed by atoms with Crippen LogP contribution >= 0.6 is 0 Å². The van der Waals surface area contributed by atoms with Gasteiger partial charge < -0.3 is 14.2 Å². The average Bonchev–Trinajstić information content (AvgIpc) is 3.25. The molecule has 5 nitrogen and oxygen atoms in total. The Morgan fingerprint density at radius 2 is 0.700 bits per heavy atom. The van der Waals surface area contributed by atoms with Crippen molar-refractivity contribution in [2.24, 2.45) is 0 Å². The lowest BCUT2D eigenvalue weighted by atomic mass is 10.0. The smallest absolute Gasteiger partial charge is 0.306 e. The van der Waals surface area contributed by atoms with Crippen LogP contribution in [-0.4, -0.2) is 37.9 Å². The minimum Gasteiger partial charge on any atom is -0.462 e. The van der Waals surface area contributed by atoms with Gasteiger partial charge in [0.1, 0.15) is 6.61 Å². The van der Waals surface area contributed by atoms with E-state index in [-0.39, 0.29) is 18.5 Å². The third-order valence-corrected chi connectivity index (χ3v) is 12.0. The van der Waals surface area contributed by atoms with Gasteiger partial charge in [-0.1, -0.05) is 251 Å². The van der Waals surface area contributed by atoms with E-state index in [1.165, 1.54) is 218 Å². The second-order valence-corrected chi connectivity index (χ2v) is 18.1.